The van der Waals surface area contributed by atoms with Crippen LogP contribution in [0.15, 0.2) is 0 Å². The van der Waals surface area contributed by atoms with Crippen LogP contribution < -0.4 is 0 Å². The average molecular weight is 255 g/mol. The Hall–Kier alpha value is -0.0800. The first-order valence-electron chi connectivity index (χ1n) is 7.46. The van der Waals surface area contributed by atoms with Gasteiger partial charge in [0.1, 0.15) is 0 Å². The highest BCUT2D eigenvalue weighted by Gasteiger charge is 2.41. The molecule has 0 aromatic carbocycles. The minimum atomic E-state index is -0.0663. The van der Waals surface area contributed by atoms with Gasteiger partial charge in [0.05, 0.1) is 11.7 Å². The SMILES string of the molecule is CC(C)N1CCC[C@H]1C(OC(C)(C)C)C(C)(C)C. The van der Waals surface area contributed by atoms with Crippen LogP contribution in [0, 0.1) is 5.41 Å². The van der Waals surface area contributed by atoms with Crippen molar-refractivity contribution in [3.8, 4) is 0 Å². The van der Waals surface area contributed by atoms with E-state index in [0.29, 0.717) is 18.2 Å². The lowest BCUT2D eigenvalue weighted by Crippen LogP contribution is -2.51. The molecule has 1 aliphatic heterocycles. The summed E-state index contributed by atoms with van der Waals surface area (Å²) in [5.74, 6) is 0. The lowest BCUT2D eigenvalue weighted by molar-refractivity contribution is -0.135. The van der Waals surface area contributed by atoms with Crippen molar-refractivity contribution in [1.29, 1.82) is 0 Å². The molecule has 108 valence electrons. The molecule has 0 aromatic rings. The van der Waals surface area contributed by atoms with Gasteiger partial charge in [0.15, 0.2) is 0 Å². The Morgan fingerprint density at radius 3 is 2.00 bits per heavy atom. The van der Waals surface area contributed by atoms with Crippen molar-refractivity contribution >= 4 is 0 Å². The Labute approximate surface area is 114 Å². The largest absolute Gasteiger partial charge is 0.370 e. The quantitative estimate of drug-likeness (QED) is 0.753. The Morgan fingerprint density at radius 2 is 1.61 bits per heavy atom. The molecule has 1 fully saturated rings. The van der Waals surface area contributed by atoms with Gasteiger partial charge in [-0.15, -0.1) is 0 Å². The van der Waals surface area contributed by atoms with Gasteiger partial charge in [-0.3, -0.25) is 4.90 Å². The van der Waals surface area contributed by atoms with Crippen LogP contribution in [0.4, 0.5) is 0 Å². The summed E-state index contributed by atoms with van der Waals surface area (Å²) < 4.78 is 6.42. The summed E-state index contributed by atoms with van der Waals surface area (Å²) >= 11 is 0. The second kappa shape index (κ2) is 5.50. The van der Waals surface area contributed by atoms with E-state index in [1.165, 1.54) is 19.4 Å². The molecule has 2 atom stereocenters. The summed E-state index contributed by atoms with van der Waals surface area (Å²) in [5, 5.41) is 0. The predicted molar refractivity (Wildman–Crippen MR) is 78.9 cm³/mol. The Kier molecular flexibility index (Phi) is 4.88. The van der Waals surface area contributed by atoms with E-state index in [0.717, 1.165) is 0 Å². The molecule has 0 radical (unpaired) electrons. The molecule has 0 aromatic heterocycles. The van der Waals surface area contributed by atoms with Crippen molar-refractivity contribution in [2.75, 3.05) is 6.54 Å². The van der Waals surface area contributed by atoms with Gasteiger partial charge in [0, 0.05) is 12.1 Å². The highest BCUT2D eigenvalue weighted by Crippen LogP contribution is 2.36. The Balaban J connectivity index is 2.89. The van der Waals surface area contributed by atoms with Gasteiger partial charge in [-0.1, -0.05) is 20.8 Å². The van der Waals surface area contributed by atoms with Crippen LogP contribution in [0.1, 0.15) is 68.2 Å². The van der Waals surface area contributed by atoms with E-state index in [1.807, 2.05) is 0 Å². The molecule has 0 bridgehead atoms. The molecule has 1 rings (SSSR count). The molecule has 0 saturated carbocycles. The maximum absolute atomic E-state index is 6.42. The van der Waals surface area contributed by atoms with E-state index in [4.69, 9.17) is 4.74 Å². The zero-order chi connectivity index (χ0) is 14.1. The second-order valence-electron chi connectivity index (χ2n) is 8.06. The van der Waals surface area contributed by atoms with Crippen LogP contribution in [0.2, 0.25) is 0 Å². The number of nitrogens with zero attached hydrogens (tertiary/aromatic N) is 1. The average Bonchev–Trinajstić information content (AvgIpc) is 2.58. The van der Waals surface area contributed by atoms with Gasteiger partial charge >= 0.3 is 0 Å². The number of ether oxygens (including phenoxy) is 1. The van der Waals surface area contributed by atoms with Crippen molar-refractivity contribution in [1.82, 2.24) is 4.90 Å². The highest BCUT2D eigenvalue weighted by atomic mass is 16.5. The van der Waals surface area contributed by atoms with Crippen molar-refractivity contribution in [3.05, 3.63) is 0 Å². The Bertz CT molecular complexity index is 259. The normalized spacial score (nSPS) is 24.8. The maximum atomic E-state index is 6.42. The van der Waals surface area contributed by atoms with E-state index in [-0.39, 0.29) is 11.0 Å². The summed E-state index contributed by atoms with van der Waals surface area (Å²) in [6.45, 7) is 19.2. The molecule has 1 heterocycles. The first-order chi connectivity index (χ1) is 8.02. The number of rotatable bonds is 3. The summed E-state index contributed by atoms with van der Waals surface area (Å²) in [6.07, 6.45) is 2.89. The third-order valence-corrected chi connectivity index (χ3v) is 3.69. The van der Waals surface area contributed by atoms with E-state index in [1.54, 1.807) is 0 Å². The molecule has 1 unspecified atom stereocenters. The van der Waals surface area contributed by atoms with Crippen molar-refractivity contribution in [3.63, 3.8) is 0 Å². The summed E-state index contributed by atoms with van der Waals surface area (Å²) in [5.41, 5.74) is 0.124. The fourth-order valence-corrected chi connectivity index (χ4v) is 2.99. The van der Waals surface area contributed by atoms with Crippen LogP contribution in [0.5, 0.6) is 0 Å². The van der Waals surface area contributed by atoms with Gasteiger partial charge < -0.3 is 4.74 Å². The first kappa shape index (κ1) is 16.0. The van der Waals surface area contributed by atoms with E-state index >= 15 is 0 Å². The molecule has 0 aliphatic carbocycles. The third-order valence-electron chi connectivity index (χ3n) is 3.69. The Morgan fingerprint density at radius 1 is 1.06 bits per heavy atom. The monoisotopic (exact) mass is 255 g/mol. The van der Waals surface area contributed by atoms with Gasteiger partial charge in [0.2, 0.25) is 0 Å². The molecular formula is C16H33NO. The van der Waals surface area contributed by atoms with Crippen molar-refractivity contribution < 1.29 is 4.74 Å². The molecule has 1 aliphatic rings. The lowest BCUT2D eigenvalue weighted by Gasteiger charge is -2.44. The van der Waals surface area contributed by atoms with E-state index in [2.05, 4.69) is 60.3 Å². The number of hydrogen-bond donors (Lipinski definition) is 0. The van der Waals surface area contributed by atoms with Crippen LogP contribution >= 0.6 is 0 Å². The van der Waals surface area contributed by atoms with Gasteiger partial charge in [-0.2, -0.15) is 0 Å². The minimum absolute atomic E-state index is 0.0663. The second-order valence-corrected chi connectivity index (χ2v) is 8.06. The fourth-order valence-electron chi connectivity index (χ4n) is 2.99. The lowest BCUT2D eigenvalue weighted by atomic mass is 9.82. The molecule has 18 heavy (non-hydrogen) atoms. The fraction of sp³-hybridized carbons (Fsp3) is 1.00. The molecule has 1 saturated heterocycles. The standard InChI is InChI=1S/C16H33NO/c1-12(2)17-11-9-10-13(17)14(15(3,4)5)18-16(6,7)8/h12-14H,9-11H2,1-8H3/t13-,14?/m0/s1. The molecule has 0 spiro atoms. The molecule has 2 heteroatoms. The van der Waals surface area contributed by atoms with Crippen LogP contribution in [-0.2, 0) is 4.74 Å². The van der Waals surface area contributed by atoms with Crippen LogP contribution in [0.3, 0.4) is 0 Å². The van der Waals surface area contributed by atoms with E-state index < -0.39 is 0 Å². The maximum Gasteiger partial charge on any atom is 0.0785 e. The topological polar surface area (TPSA) is 12.5 Å². The highest BCUT2D eigenvalue weighted by molar-refractivity contribution is 4.94. The van der Waals surface area contributed by atoms with Gasteiger partial charge in [-0.05, 0) is 59.4 Å². The zero-order valence-electron chi connectivity index (χ0n) is 13.7. The van der Waals surface area contributed by atoms with Crippen LogP contribution in [-0.4, -0.2) is 35.2 Å². The van der Waals surface area contributed by atoms with E-state index in [9.17, 15) is 0 Å². The molecule has 0 amide bonds. The molecular weight excluding hydrogens is 222 g/mol. The first-order valence-corrected chi connectivity index (χ1v) is 7.46. The van der Waals surface area contributed by atoms with Gasteiger partial charge in [-0.25, -0.2) is 0 Å². The molecule has 0 N–H and O–H groups in total. The smallest absolute Gasteiger partial charge is 0.0785 e. The van der Waals surface area contributed by atoms with Crippen LogP contribution in [0.25, 0.3) is 0 Å². The minimum Gasteiger partial charge on any atom is -0.370 e. The third kappa shape index (κ3) is 4.24. The zero-order valence-corrected chi connectivity index (χ0v) is 13.7. The summed E-state index contributed by atoms with van der Waals surface area (Å²) in [4.78, 5) is 2.63. The molecule has 2 nitrogen and oxygen atoms in total. The van der Waals surface area contributed by atoms with Crippen molar-refractivity contribution in [2.24, 2.45) is 5.41 Å². The van der Waals surface area contributed by atoms with Gasteiger partial charge in [0.25, 0.3) is 0 Å². The number of hydrogen-bond acceptors (Lipinski definition) is 2. The summed E-state index contributed by atoms with van der Waals surface area (Å²) in [7, 11) is 0. The summed E-state index contributed by atoms with van der Waals surface area (Å²) in [6, 6.07) is 1.19. The van der Waals surface area contributed by atoms with Crippen molar-refractivity contribution in [2.45, 2.75) is 92.0 Å². The predicted octanol–water partition coefficient (Wildman–Crippen LogP) is 4.09. The number of likely N-dealkylation sites (tertiary alicyclic amines) is 1.